The highest BCUT2D eigenvalue weighted by Crippen LogP contribution is 2.35. The Morgan fingerprint density at radius 2 is 2.08 bits per heavy atom. The minimum atomic E-state index is -0.0436. The van der Waals surface area contributed by atoms with Crippen LogP contribution in [0.2, 0.25) is 0 Å². The van der Waals surface area contributed by atoms with Crippen LogP contribution in [-0.4, -0.2) is 59.8 Å². The van der Waals surface area contributed by atoms with Crippen LogP contribution in [0.4, 0.5) is 4.79 Å². The zero-order valence-corrected chi connectivity index (χ0v) is 14.9. The summed E-state index contributed by atoms with van der Waals surface area (Å²) in [5.41, 5.74) is 2.55. The quantitative estimate of drug-likeness (QED) is 0.780. The third kappa shape index (κ3) is 4.22. The molecule has 0 spiro atoms. The predicted molar refractivity (Wildman–Crippen MR) is 99.5 cm³/mol. The average molecular weight is 343 g/mol. The molecule has 5 nitrogen and oxygen atoms in total. The van der Waals surface area contributed by atoms with E-state index in [1.54, 1.807) is 0 Å². The zero-order valence-electron chi connectivity index (χ0n) is 14.9. The van der Waals surface area contributed by atoms with Crippen molar-refractivity contribution in [2.24, 2.45) is 0 Å². The molecule has 0 aromatic heterocycles. The van der Waals surface area contributed by atoms with Crippen LogP contribution in [0.1, 0.15) is 36.4 Å². The van der Waals surface area contributed by atoms with Gasteiger partial charge in [0.05, 0.1) is 12.6 Å². The van der Waals surface area contributed by atoms with Gasteiger partial charge in [0.15, 0.2) is 0 Å². The lowest BCUT2D eigenvalue weighted by molar-refractivity contribution is 0.141. The van der Waals surface area contributed by atoms with Gasteiger partial charge in [0.25, 0.3) is 0 Å². The van der Waals surface area contributed by atoms with E-state index in [9.17, 15) is 9.90 Å². The van der Waals surface area contributed by atoms with Crippen LogP contribution in [0.15, 0.2) is 36.9 Å². The second-order valence-electron chi connectivity index (χ2n) is 6.98. The molecule has 1 atom stereocenters. The fourth-order valence-electron chi connectivity index (χ4n) is 4.07. The summed E-state index contributed by atoms with van der Waals surface area (Å²) in [5, 5.41) is 12.7. The molecule has 3 rings (SSSR count). The van der Waals surface area contributed by atoms with E-state index in [-0.39, 0.29) is 24.7 Å². The van der Waals surface area contributed by atoms with Crippen molar-refractivity contribution in [2.75, 3.05) is 32.8 Å². The number of aryl methyl sites for hydroxylation is 1. The van der Waals surface area contributed by atoms with Gasteiger partial charge >= 0.3 is 6.03 Å². The summed E-state index contributed by atoms with van der Waals surface area (Å²) >= 11 is 0. The highest BCUT2D eigenvalue weighted by molar-refractivity contribution is 5.75. The summed E-state index contributed by atoms with van der Waals surface area (Å²) in [6.07, 6.45) is 5.79. The Labute approximate surface area is 150 Å². The topological polar surface area (TPSA) is 55.8 Å². The van der Waals surface area contributed by atoms with Crippen LogP contribution in [-0.2, 0) is 6.42 Å². The van der Waals surface area contributed by atoms with Crippen molar-refractivity contribution < 1.29 is 9.90 Å². The lowest BCUT2D eigenvalue weighted by Crippen LogP contribution is -2.50. The second-order valence-corrected chi connectivity index (χ2v) is 6.98. The molecule has 2 N–H and O–H groups in total. The van der Waals surface area contributed by atoms with Gasteiger partial charge < -0.3 is 15.3 Å². The number of urea groups is 1. The van der Waals surface area contributed by atoms with Gasteiger partial charge in [0, 0.05) is 32.2 Å². The van der Waals surface area contributed by atoms with E-state index in [1.807, 2.05) is 17.0 Å². The number of carbonyl (C=O) groups excluding carboxylic acids is 1. The van der Waals surface area contributed by atoms with Gasteiger partial charge in [-0.15, -0.1) is 6.58 Å². The third-order valence-corrected chi connectivity index (χ3v) is 5.38. The molecule has 1 heterocycles. The maximum Gasteiger partial charge on any atom is 0.318 e. The number of aliphatic hydroxyl groups excluding tert-OH is 1. The normalized spacial score (nSPS) is 20.9. The van der Waals surface area contributed by atoms with Crippen molar-refractivity contribution in [3.05, 3.63) is 48.0 Å². The highest BCUT2D eigenvalue weighted by atomic mass is 16.3. The molecule has 1 aliphatic heterocycles. The number of hydrogen-bond acceptors (Lipinski definition) is 3. The molecular weight excluding hydrogens is 314 g/mol. The molecule has 1 saturated heterocycles. The van der Waals surface area contributed by atoms with Gasteiger partial charge in [0.2, 0.25) is 0 Å². The largest absolute Gasteiger partial charge is 0.395 e. The summed E-state index contributed by atoms with van der Waals surface area (Å²) in [7, 11) is 0. The lowest BCUT2D eigenvalue weighted by atomic mass is 10.0. The smallest absolute Gasteiger partial charge is 0.318 e. The maximum absolute atomic E-state index is 12.9. The monoisotopic (exact) mass is 343 g/mol. The van der Waals surface area contributed by atoms with Crippen molar-refractivity contribution in [3.8, 4) is 0 Å². The molecule has 2 aliphatic rings. The van der Waals surface area contributed by atoms with Gasteiger partial charge in [-0.1, -0.05) is 30.3 Å². The van der Waals surface area contributed by atoms with Crippen molar-refractivity contribution in [1.82, 2.24) is 15.1 Å². The van der Waals surface area contributed by atoms with E-state index in [0.29, 0.717) is 6.54 Å². The Bertz CT molecular complexity index is 596. The molecule has 5 heteroatoms. The van der Waals surface area contributed by atoms with E-state index in [1.165, 1.54) is 11.1 Å². The Morgan fingerprint density at radius 3 is 2.80 bits per heavy atom. The van der Waals surface area contributed by atoms with Crippen molar-refractivity contribution in [2.45, 2.75) is 37.8 Å². The molecule has 136 valence electrons. The SMILES string of the molecule is C=CCN1CCC(NC(=O)N(CCO)C2CCc3ccccc32)CC1. The van der Waals surface area contributed by atoms with Crippen molar-refractivity contribution in [3.63, 3.8) is 0 Å². The maximum atomic E-state index is 12.9. The molecule has 1 fully saturated rings. The number of piperidine rings is 1. The fourth-order valence-corrected chi connectivity index (χ4v) is 4.07. The van der Waals surface area contributed by atoms with Crippen LogP contribution in [0.25, 0.3) is 0 Å². The molecule has 2 amide bonds. The number of amides is 2. The van der Waals surface area contributed by atoms with Gasteiger partial charge in [-0.25, -0.2) is 4.79 Å². The Kier molecular flexibility index (Phi) is 6.10. The van der Waals surface area contributed by atoms with Crippen LogP contribution in [0.3, 0.4) is 0 Å². The number of hydrogen-bond donors (Lipinski definition) is 2. The Morgan fingerprint density at radius 1 is 1.32 bits per heavy atom. The van der Waals surface area contributed by atoms with E-state index in [0.717, 1.165) is 45.3 Å². The summed E-state index contributed by atoms with van der Waals surface area (Å²) in [4.78, 5) is 17.1. The minimum Gasteiger partial charge on any atom is -0.395 e. The van der Waals surface area contributed by atoms with E-state index in [2.05, 4.69) is 35.0 Å². The molecule has 1 aromatic rings. The first-order chi connectivity index (χ1) is 12.2. The first kappa shape index (κ1) is 18.0. The Balaban J connectivity index is 1.61. The summed E-state index contributed by atoms with van der Waals surface area (Å²) in [6.45, 7) is 7.04. The molecule has 0 radical (unpaired) electrons. The van der Waals surface area contributed by atoms with Crippen LogP contribution in [0.5, 0.6) is 0 Å². The van der Waals surface area contributed by atoms with E-state index in [4.69, 9.17) is 0 Å². The number of carbonyl (C=O) groups is 1. The van der Waals surface area contributed by atoms with Crippen molar-refractivity contribution in [1.29, 1.82) is 0 Å². The van der Waals surface area contributed by atoms with Crippen LogP contribution in [0, 0.1) is 0 Å². The third-order valence-electron chi connectivity index (χ3n) is 5.38. The zero-order chi connectivity index (χ0) is 17.6. The molecular formula is C20H29N3O2. The predicted octanol–water partition coefficient (Wildman–Crippen LogP) is 2.33. The van der Waals surface area contributed by atoms with Crippen LogP contribution < -0.4 is 5.32 Å². The summed E-state index contributed by atoms with van der Waals surface area (Å²) in [5.74, 6) is 0. The first-order valence-corrected chi connectivity index (χ1v) is 9.32. The molecule has 1 aliphatic carbocycles. The summed E-state index contributed by atoms with van der Waals surface area (Å²) in [6, 6.07) is 8.57. The number of aliphatic hydroxyl groups is 1. The number of benzene rings is 1. The molecule has 0 bridgehead atoms. The molecule has 1 unspecified atom stereocenters. The summed E-state index contributed by atoms with van der Waals surface area (Å²) < 4.78 is 0. The highest BCUT2D eigenvalue weighted by Gasteiger charge is 2.31. The number of fused-ring (bicyclic) bond motifs is 1. The lowest BCUT2D eigenvalue weighted by Gasteiger charge is -2.35. The van der Waals surface area contributed by atoms with E-state index < -0.39 is 0 Å². The van der Waals surface area contributed by atoms with Gasteiger partial charge in [0.1, 0.15) is 0 Å². The standard InChI is InChI=1S/C20H29N3O2/c1-2-11-22-12-9-17(10-13-22)21-20(25)23(14-15-24)19-8-7-16-5-3-4-6-18(16)19/h2-6,17,19,24H,1,7-15H2,(H,21,25). The van der Waals surface area contributed by atoms with Crippen LogP contribution >= 0.6 is 0 Å². The number of nitrogens with one attached hydrogen (secondary N) is 1. The Hall–Kier alpha value is -1.85. The number of nitrogens with zero attached hydrogens (tertiary/aromatic N) is 2. The van der Waals surface area contributed by atoms with Crippen molar-refractivity contribution >= 4 is 6.03 Å². The second kappa shape index (κ2) is 8.50. The number of rotatable bonds is 6. The molecule has 1 aromatic carbocycles. The first-order valence-electron chi connectivity index (χ1n) is 9.32. The number of likely N-dealkylation sites (tertiary alicyclic amines) is 1. The van der Waals surface area contributed by atoms with Gasteiger partial charge in [-0.2, -0.15) is 0 Å². The van der Waals surface area contributed by atoms with Gasteiger partial charge in [-0.3, -0.25) is 4.90 Å². The molecule has 25 heavy (non-hydrogen) atoms. The van der Waals surface area contributed by atoms with Gasteiger partial charge in [-0.05, 0) is 36.8 Å². The van der Waals surface area contributed by atoms with E-state index >= 15 is 0 Å². The molecule has 0 saturated carbocycles. The average Bonchev–Trinajstić information content (AvgIpc) is 3.05. The fraction of sp³-hybridized carbons (Fsp3) is 0.550. The minimum absolute atomic E-state index is 0.0101.